The fourth-order valence-electron chi connectivity index (χ4n) is 9.38. The van der Waals surface area contributed by atoms with Crippen molar-refractivity contribution in [3.63, 3.8) is 0 Å². The number of urea groups is 1. The van der Waals surface area contributed by atoms with Gasteiger partial charge in [0.2, 0.25) is 0 Å². The Morgan fingerprint density at radius 1 is 0.625 bits per heavy atom. The van der Waals surface area contributed by atoms with Crippen LogP contribution in [0.4, 0.5) is 67.1 Å². The molecule has 27 heteroatoms. The molecule has 1 radical (unpaired) electrons. The van der Waals surface area contributed by atoms with Crippen molar-refractivity contribution in [3.05, 3.63) is 140 Å². The van der Waals surface area contributed by atoms with Crippen LogP contribution in [0.3, 0.4) is 0 Å². The average Bonchev–Trinajstić information content (AvgIpc) is 3.33. The number of halogens is 15. The van der Waals surface area contributed by atoms with Crippen molar-refractivity contribution in [3.8, 4) is 11.5 Å². The molecular formula is C53H63F9I6N5O6Y-. The Morgan fingerprint density at radius 2 is 0.963 bits per heavy atom. The molecule has 0 aliphatic heterocycles. The molecule has 11 nitrogen and oxygen atoms in total. The number of rotatable bonds is 7. The van der Waals surface area contributed by atoms with Gasteiger partial charge in [-0.2, -0.15) is 39.5 Å². The average molecular weight is 1890 g/mol. The smallest absolute Gasteiger partial charge is 0 e. The summed E-state index contributed by atoms with van der Waals surface area (Å²) in [4.78, 5) is 37.9. The van der Waals surface area contributed by atoms with Crippen LogP contribution in [0.5, 0.6) is 11.5 Å². The Kier molecular flexibility index (Phi) is 34.0. The van der Waals surface area contributed by atoms with Gasteiger partial charge in [-0.1, -0.05) is 6.07 Å². The second-order valence-electron chi connectivity index (χ2n) is 18.3. The largest absolute Gasteiger partial charge is 0 e. The monoisotopic (exact) mass is 1890 g/mol. The fourth-order valence-corrected chi connectivity index (χ4v) is 9.38. The Balaban J connectivity index is 0. The molecular weight excluding hydrogens is 1820 g/mol. The molecule has 0 spiro atoms. The first-order chi connectivity index (χ1) is 35.7. The van der Waals surface area contributed by atoms with Gasteiger partial charge in [0.15, 0.2) is 6.20 Å². The Bertz CT molecular complexity index is 3040. The minimum Gasteiger partial charge on any atom is 0 e. The first kappa shape index (κ1) is 80.8. The number of carbonyl (C=O) groups excluding carboxylic acids is 2. The molecule has 0 unspecified atom stereocenters. The minimum absolute atomic E-state index is 0. The maximum Gasteiger partial charge on any atom is 0 e. The molecule has 5 rings (SSSR count). The number of nitro groups is 1. The maximum atomic E-state index is 14.0. The Morgan fingerprint density at radius 3 is 1.32 bits per heavy atom. The quantitative estimate of drug-likeness (QED) is 0.0415. The first-order valence-electron chi connectivity index (χ1n) is 22.9. The summed E-state index contributed by atoms with van der Waals surface area (Å²) >= 11 is 9.54. The number of pyridine rings is 1. The van der Waals surface area contributed by atoms with Crippen molar-refractivity contribution in [2.45, 2.75) is 129 Å². The molecule has 4 aromatic carbocycles. The number of hydrogen-bond acceptors (Lipinski definition) is 7. The second-order valence-corrected chi connectivity index (χ2v) is 34.5. The molecule has 445 valence electrons. The zero-order valence-corrected chi connectivity index (χ0v) is 63.2. The Hall–Kier alpha value is -1.22. The number of hydrogen-bond donors (Lipinski definition) is 2. The Labute approximate surface area is 557 Å². The fraction of sp³-hybridized carbons (Fsp3) is 0.415. The molecule has 1 heterocycles. The number of benzene rings is 4. The van der Waals surface area contributed by atoms with Crippen LogP contribution in [-0.2, 0) is 63.1 Å². The van der Waals surface area contributed by atoms with Gasteiger partial charge in [-0.25, -0.2) is 9.36 Å². The summed E-state index contributed by atoms with van der Waals surface area (Å²) in [6.45, 7) is 25.3. The number of carbonyl (C=O) groups is 1. The van der Waals surface area contributed by atoms with Crippen LogP contribution in [0.15, 0.2) is 18.3 Å². The molecule has 2 N–H and O–H groups in total. The van der Waals surface area contributed by atoms with Gasteiger partial charge in [-0.15, -0.1) is 24.0 Å². The predicted molar refractivity (Wildman–Crippen MR) is 335 cm³/mol. The normalized spacial score (nSPS) is 10.9. The van der Waals surface area contributed by atoms with Crippen LogP contribution in [0.2, 0.25) is 0 Å². The summed E-state index contributed by atoms with van der Waals surface area (Å²) in [5.74, 6) is 1.08. The summed E-state index contributed by atoms with van der Waals surface area (Å²) in [6, 6.07) is 2.87. The second kappa shape index (κ2) is 33.6. The van der Waals surface area contributed by atoms with Crippen LogP contribution in [0.25, 0.3) is 0 Å². The number of aryl methyl sites for hydroxylation is 1. The zero-order chi connectivity index (χ0) is 61.3. The third-order valence-corrected chi connectivity index (χ3v) is 14.1. The van der Waals surface area contributed by atoms with Gasteiger partial charge >= 0.3 is 75.0 Å². The topological polar surface area (TPSA) is 129 Å². The third-order valence-electron chi connectivity index (χ3n) is 14.1. The van der Waals surface area contributed by atoms with Gasteiger partial charge in [-0.05, 0) is 189 Å². The molecule has 0 bridgehead atoms. The van der Waals surface area contributed by atoms with E-state index in [1.165, 1.54) is 65.3 Å². The molecule has 0 saturated heterocycles. The minimum atomic E-state index is -4.57. The van der Waals surface area contributed by atoms with Gasteiger partial charge in [0.05, 0.1) is 56.4 Å². The van der Waals surface area contributed by atoms with E-state index in [-0.39, 0.29) is 107 Å². The number of ether oxygens (including phenoxy) is 1. The summed E-state index contributed by atoms with van der Waals surface area (Å²) in [5, 5.41) is 19.7. The standard InChI is InChI=1S/C31H36F3N3O3.C11H12F3NO2.C11H14F3NO.I3.I2.HI.Y/c1-16-17(2)26(31(32,33)34)23(8)28(18(16)3)37(11)30(39)36(10)27-19(4)21(6)29(22(7)20(27)5)40-25-12-13-35(9)24(14-25)15-38;1-5-6(2)9(11(12,13)14)8(4)10(7(5)3)15(16)17;1-5-6(2)9(11(12,13)14)8(4)10(15-16)7(5)3;1-3-2;1-2;;/h12-14H,1-11H3;1-4H3;15-16H,1-4H3;;;1H;/q;;;-1;;;. The summed E-state index contributed by atoms with van der Waals surface area (Å²) in [6.07, 6.45) is -9.94. The van der Waals surface area contributed by atoms with Gasteiger partial charge < -0.3 is 9.53 Å². The van der Waals surface area contributed by atoms with E-state index >= 15 is 0 Å². The van der Waals surface area contributed by atoms with Gasteiger partial charge in [0.25, 0.3) is 5.69 Å². The van der Waals surface area contributed by atoms with E-state index < -0.39 is 51.9 Å². The van der Waals surface area contributed by atoms with Crippen molar-refractivity contribution in [2.24, 2.45) is 7.05 Å². The molecule has 5 aromatic rings. The molecule has 80 heavy (non-hydrogen) atoms. The van der Waals surface area contributed by atoms with E-state index in [1.807, 2.05) is 39.5 Å². The van der Waals surface area contributed by atoms with Crippen LogP contribution in [-0.4, -0.2) is 36.5 Å². The van der Waals surface area contributed by atoms with Crippen molar-refractivity contribution in [1.29, 1.82) is 0 Å². The van der Waals surface area contributed by atoms with E-state index in [2.05, 4.69) is 74.5 Å². The molecule has 1 aromatic heterocycles. The summed E-state index contributed by atoms with van der Waals surface area (Å²) in [5.41, 5.74) is 6.70. The van der Waals surface area contributed by atoms with Gasteiger partial charge in [0.1, 0.15) is 12.8 Å². The molecule has 0 fully saturated rings. The van der Waals surface area contributed by atoms with Crippen LogP contribution in [0.1, 0.15) is 111 Å². The molecule has 0 aliphatic rings. The van der Waals surface area contributed by atoms with E-state index in [9.17, 15) is 59.2 Å². The first-order valence-corrected chi connectivity index (χ1v) is 41.8. The SMILES string of the molecule is Cc1c(C)c(N(C)C(=O)N(C)c2c(C)c(C)c(Oc3cc[n+](C)c([C-]=O)c3)c(C)c2C)c(C)c(C(F)(F)F)c1C.Cc1c(C)c(NO)c(C)c(C(F)(F)F)c1C.Cc1c(C)c([N+](=O)[O-])c(C)c(C(F)(F)F)c1C.I.II.I[I-]I.[Y]. The van der Waals surface area contributed by atoms with Crippen molar-refractivity contribution < 1.29 is 115 Å². The number of amides is 2. The van der Waals surface area contributed by atoms with Crippen LogP contribution < -0.4 is 37.8 Å². The molecule has 0 aliphatic carbocycles. The van der Waals surface area contributed by atoms with E-state index in [0.717, 1.165) is 29.2 Å². The predicted octanol–water partition coefficient (Wildman–Crippen LogP) is 15.7. The van der Waals surface area contributed by atoms with Crippen molar-refractivity contribution >= 4 is 134 Å². The molecule has 2 amide bonds. The zero-order valence-electron chi connectivity index (χ0n) is 47.3. The van der Waals surface area contributed by atoms with E-state index in [0.29, 0.717) is 64.0 Å². The number of nitrogens with zero attached hydrogens (tertiary/aromatic N) is 4. The number of nitrogens with one attached hydrogen (secondary N) is 1. The van der Waals surface area contributed by atoms with Crippen molar-refractivity contribution in [2.75, 3.05) is 29.4 Å². The third kappa shape index (κ3) is 18.6. The summed E-state index contributed by atoms with van der Waals surface area (Å²) in [7, 11) is 4.85. The van der Waals surface area contributed by atoms with Crippen LogP contribution >= 0.6 is 98.4 Å². The van der Waals surface area contributed by atoms with E-state index in [1.54, 1.807) is 64.7 Å². The van der Waals surface area contributed by atoms with Crippen molar-refractivity contribution in [1.82, 2.24) is 0 Å². The number of nitro benzene ring substituents is 1. The van der Waals surface area contributed by atoms with E-state index in [4.69, 9.17) is 9.94 Å². The van der Waals surface area contributed by atoms with Crippen LogP contribution in [0, 0.1) is 121 Å². The molecule has 0 saturated carbocycles. The number of aromatic nitrogens is 1. The number of anilines is 3. The van der Waals surface area contributed by atoms with Gasteiger partial charge in [-0.3, -0.25) is 30.6 Å². The molecule has 0 atom stereocenters. The summed E-state index contributed by atoms with van der Waals surface area (Å²) < 4.78 is 127. The maximum absolute atomic E-state index is 14.0. The number of alkyl halides is 9. The van der Waals surface area contributed by atoms with Gasteiger partial charge in [0, 0.05) is 101 Å².